The minimum absolute atomic E-state index is 0.190. The largest absolute Gasteiger partial charge is 0.343 e. The molecule has 1 unspecified atom stereocenters. The van der Waals surface area contributed by atoms with E-state index < -0.39 is 0 Å². The number of pyridine rings is 1. The number of nitrogens with one attached hydrogen (secondary N) is 1. The Bertz CT molecular complexity index is 1030. The second-order valence-corrected chi connectivity index (χ2v) is 6.47. The summed E-state index contributed by atoms with van der Waals surface area (Å²) < 4.78 is 2.05. The summed E-state index contributed by atoms with van der Waals surface area (Å²) in [6, 6.07) is 13.5. The molecule has 0 saturated carbocycles. The number of rotatable bonds is 2. The van der Waals surface area contributed by atoms with Crippen molar-refractivity contribution in [1.82, 2.24) is 4.57 Å². The second-order valence-electron chi connectivity index (χ2n) is 6.47. The van der Waals surface area contributed by atoms with E-state index in [1.165, 1.54) is 5.56 Å². The molecule has 0 radical (unpaired) electrons. The van der Waals surface area contributed by atoms with E-state index >= 15 is 0 Å². The molecule has 4 rings (SSSR count). The molecule has 0 saturated heterocycles. The van der Waals surface area contributed by atoms with Crippen molar-refractivity contribution in [2.24, 2.45) is 0 Å². The van der Waals surface area contributed by atoms with Crippen molar-refractivity contribution in [2.75, 3.05) is 5.32 Å². The summed E-state index contributed by atoms with van der Waals surface area (Å²) in [4.78, 5) is 25.4. The lowest BCUT2D eigenvalue weighted by atomic mass is 10.1. The number of anilines is 1. The van der Waals surface area contributed by atoms with Crippen LogP contribution in [0.3, 0.4) is 0 Å². The van der Waals surface area contributed by atoms with Crippen LogP contribution >= 0.6 is 0 Å². The Morgan fingerprint density at radius 1 is 1.21 bits per heavy atom. The zero-order valence-electron chi connectivity index (χ0n) is 13.7. The molecule has 1 atom stereocenters. The lowest BCUT2D eigenvalue weighted by molar-refractivity contribution is 0.102. The highest BCUT2D eigenvalue weighted by atomic mass is 16.2. The summed E-state index contributed by atoms with van der Waals surface area (Å²) in [6.07, 6.45) is 2.59. The molecule has 1 amide bonds. The van der Waals surface area contributed by atoms with Gasteiger partial charge < -0.3 is 9.88 Å². The van der Waals surface area contributed by atoms with Gasteiger partial charge in [0.25, 0.3) is 5.91 Å². The first-order valence-electron chi connectivity index (χ1n) is 8.09. The predicted octanol–water partition coefficient (Wildman–Crippen LogP) is 3.68. The molecule has 3 aromatic rings. The molecule has 2 aromatic carbocycles. The number of nitrogens with zero attached hydrogens (tertiary/aromatic N) is 1. The minimum Gasteiger partial charge on any atom is -0.343 e. The number of carbonyl (C=O) groups excluding carboxylic acids is 1. The zero-order chi connectivity index (χ0) is 16.8. The Balaban J connectivity index is 1.82. The molecule has 1 aliphatic heterocycles. The third kappa shape index (κ3) is 2.22. The summed E-state index contributed by atoms with van der Waals surface area (Å²) in [6.45, 7) is 4.07. The fraction of sp³-hybridized carbons (Fsp3) is 0.200. The van der Waals surface area contributed by atoms with Gasteiger partial charge in [-0.25, -0.2) is 0 Å². The predicted molar refractivity (Wildman–Crippen MR) is 95.8 cm³/mol. The normalized spacial score (nSPS) is 15.7. The Hall–Kier alpha value is -2.88. The van der Waals surface area contributed by atoms with Gasteiger partial charge in [0.1, 0.15) is 5.56 Å². The minimum atomic E-state index is -0.360. The monoisotopic (exact) mass is 318 g/mol. The highest BCUT2D eigenvalue weighted by Gasteiger charge is 2.24. The zero-order valence-corrected chi connectivity index (χ0v) is 13.7. The van der Waals surface area contributed by atoms with Gasteiger partial charge in [0.05, 0.1) is 5.52 Å². The van der Waals surface area contributed by atoms with Crippen LogP contribution in [-0.2, 0) is 6.42 Å². The molecule has 120 valence electrons. The van der Waals surface area contributed by atoms with Gasteiger partial charge in [-0.1, -0.05) is 24.3 Å². The van der Waals surface area contributed by atoms with Gasteiger partial charge in [-0.15, -0.1) is 0 Å². The van der Waals surface area contributed by atoms with Crippen LogP contribution < -0.4 is 10.7 Å². The van der Waals surface area contributed by atoms with E-state index in [0.29, 0.717) is 11.1 Å². The van der Waals surface area contributed by atoms with Crippen LogP contribution in [0.2, 0.25) is 0 Å². The number of amides is 1. The maximum Gasteiger partial charge on any atom is 0.261 e. The van der Waals surface area contributed by atoms with Crippen LogP contribution in [0.1, 0.15) is 34.5 Å². The molecular formula is C20H18N2O2. The number of hydrogen-bond donors (Lipinski definition) is 1. The molecule has 24 heavy (non-hydrogen) atoms. The van der Waals surface area contributed by atoms with Crippen molar-refractivity contribution in [3.8, 4) is 0 Å². The maximum atomic E-state index is 12.8. The Morgan fingerprint density at radius 2 is 2.00 bits per heavy atom. The molecule has 2 heterocycles. The van der Waals surface area contributed by atoms with Crippen LogP contribution in [0.15, 0.2) is 53.5 Å². The lowest BCUT2D eigenvalue weighted by Crippen LogP contribution is -2.23. The third-order valence-electron chi connectivity index (χ3n) is 4.65. The van der Waals surface area contributed by atoms with Crippen molar-refractivity contribution in [3.63, 3.8) is 0 Å². The van der Waals surface area contributed by atoms with E-state index in [2.05, 4.69) is 16.8 Å². The molecule has 4 nitrogen and oxygen atoms in total. The van der Waals surface area contributed by atoms with Gasteiger partial charge in [0.15, 0.2) is 0 Å². The van der Waals surface area contributed by atoms with Gasteiger partial charge in [-0.05, 0) is 49.6 Å². The second kappa shape index (κ2) is 5.34. The van der Waals surface area contributed by atoms with Crippen molar-refractivity contribution in [1.29, 1.82) is 0 Å². The molecule has 0 spiro atoms. The van der Waals surface area contributed by atoms with E-state index in [1.807, 2.05) is 43.3 Å². The number of aromatic nitrogens is 1. The first-order valence-corrected chi connectivity index (χ1v) is 8.09. The average molecular weight is 318 g/mol. The van der Waals surface area contributed by atoms with Crippen LogP contribution in [0.4, 0.5) is 5.69 Å². The molecule has 1 aromatic heterocycles. The summed E-state index contributed by atoms with van der Waals surface area (Å²) in [7, 11) is 0. The smallest absolute Gasteiger partial charge is 0.261 e. The van der Waals surface area contributed by atoms with E-state index in [0.717, 1.165) is 17.5 Å². The Kier molecular flexibility index (Phi) is 3.27. The average Bonchev–Trinajstić information content (AvgIpc) is 2.87. The van der Waals surface area contributed by atoms with Crippen LogP contribution in [0, 0.1) is 6.92 Å². The highest BCUT2D eigenvalue weighted by molar-refractivity contribution is 6.06. The van der Waals surface area contributed by atoms with Gasteiger partial charge in [0.2, 0.25) is 5.43 Å². The fourth-order valence-electron chi connectivity index (χ4n) is 3.50. The van der Waals surface area contributed by atoms with Crippen molar-refractivity contribution in [2.45, 2.75) is 26.3 Å². The Labute approximate surface area is 139 Å². The SMILES string of the molecule is Cc1cccc(NC(=O)c2cn3c4c(cccc4c2=O)CC3C)c1. The van der Waals surface area contributed by atoms with Crippen LogP contribution in [0.25, 0.3) is 10.9 Å². The van der Waals surface area contributed by atoms with Gasteiger partial charge in [-0.2, -0.15) is 0 Å². The summed E-state index contributed by atoms with van der Waals surface area (Å²) in [5.74, 6) is -0.360. The molecule has 1 aliphatic rings. The van der Waals surface area contributed by atoms with E-state index in [4.69, 9.17) is 0 Å². The molecular weight excluding hydrogens is 300 g/mol. The van der Waals surface area contributed by atoms with Crippen molar-refractivity contribution in [3.05, 3.63) is 75.6 Å². The number of hydrogen-bond acceptors (Lipinski definition) is 2. The quantitative estimate of drug-likeness (QED) is 0.783. The number of carbonyl (C=O) groups is 1. The highest BCUT2D eigenvalue weighted by Crippen LogP contribution is 2.30. The molecule has 1 N–H and O–H groups in total. The number of benzene rings is 2. The lowest BCUT2D eigenvalue weighted by Gasteiger charge is -2.13. The van der Waals surface area contributed by atoms with Gasteiger partial charge in [0, 0.05) is 23.3 Å². The summed E-state index contributed by atoms with van der Waals surface area (Å²) >= 11 is 0. The van der Waals surface area contributed by atoms with E-state index in [-0.39, 0.29) is 22.9 Å². The third-order valence-corrected chi connectivity index (χ3v) is 4.65. The first-order chi connectivity index (χ1) is 11.5. The van der Waals surface area contributed by atoms with Crippen LogP contribution in [0.5, 0.6) is 0 Å². The topological polar surface area (TPSA) is 51.1 Å². The molecule has 0 fully saturated rings. The Morgan fingerprint density at radius 3 is 2.79 bits per heavy atom. The number of aryl methyl sites for hydroxylation is 1. The molecule has 0 bridgehead atoms. The maximum absolute atomic E-state index is 12.8. The fourth-order valence-corrected chi connectivity index (χ4v) is 3.50. The van der Waals surface area contributed by atoms with Gasteiger partial charge in [-0.3, -0.25) is 9.59 Å². The van der Waals surface area contributed by atoms with Crippen molar-refractivity contribution >= 4 is 22.5 Å². The van der Waals surface area contributed by atoms with Crippen molar-refractivity contribution < 1.29 is 4.79 Å². The first kappa shape index (κ1) is 14.7. The van der Waals surface area contributed by atoms with Gasteiger partial charge >= 0.3 is 0 Å². The van der Waals surface area contributed by atoms with Crippen LogP contribution in [-0.4, -0.2) is 10.5 Å². The van der Waals surface area contributed by atoms with E-state index in [9.17, 15) is 9.59 Å². The summed E-state index contributed by atoms with van der Waals surface area (Å²) in [5, 5.41) is 3.45. The number of para-hydroxylation sites is 1. The molecule has 0 aliphatic carbocycles. The molecule has 4 heteroatoms. The standard InChI is InChI=1S/C20H18N2O2/c1-12-5-3-7-15(9-12)21-20(24)17-11-22-13(2)10-14-6-4-8-16(18(14)22)19(17)23/h3-9,11,13H,10H2,1-2H3,(H,21,24). The summed E-state index contributed by atoms with van der Waals surface area (Å²) in [5.41, 5.74) is 3.87. The van der Waals surface area contributed by atoms with E-state index in [1.54, 1.807) is 12.3 Å².